The summed E-state index contributed by atoms with van der Waals surface area (Å²) < 4.78 is 68.6. The maximum Gasteiger partial charge on any atom is 0.416 e. The van der Waals surface area contributed by atoms with Crippen LogP contribution >= 0.6 is 27.5 Å². The van der Waals surface area contributed by atoms with Crippen LogP contribution in [-0.4, -0.2) is 41.7 Å². The number of hydrogen-bond donors (Lipinski definition) is 0. The van der Waals surface area contributed by atoms with Crippen molar-refractivity contribution >= 4 is 48.3 Å². The van der Waals surface area contributed by atoms with E-state index in [1.165, 1.54) is 31.5 Å². The van der Waals surface area contributed by atoms with E-state index in [4.69, 9.17) is 11.6 Å². The van der Waals surface area contributed by atoms with Crippen LogP contribution in [0, 0.1) is 0 Å². The van der Waals surface area contributed by atoms with Crippen LogP contribution in [-0.2, 0) is 29.1 Å². The molecule has 194 valence electrons. The minimum Gasteiger partial charge on any atom is -0.299 e. The van der Waals surface area contributed by atoms with Gasteiger partial charge in [0, 0.05) is 16.0 Å². The smallest absolute Gasteiger partial charge is 0.299 e. The van der Waals surface area contributed by atoms with E-state index in [-0.39, 0.29) is 55.3 Å². The molecule has 6 nitrogen and oxygen atoms in total. The Labute approximate surface area is 220 Å². The minimum absolute atomic E-state index is 0.00966. The van der Waals surface area contributed by atoms with E-state index < -0.39 is 27.1 Å². The van der Waals surface area contributed by atoms with Crippen LogP contribution in [0.1, 0.15) is 42.9 Å². The number of aromatic nitrogens is 2. The zero-order valence-corrected chi connectivity index (χ0v) is 22.6. The van der Waals surface area contributed by atoms with Gasteiger partial charge in [-0.1, -0.05) is 24.9 Å². The highest BCUT2D eigenvalue weighted by Gasteiger charge is 2.36. The van der Waals surface area contributed by atoms with Crippen LogP contribution in [0.2, 0.25) is 5.02 Å². The molecule has 0 spiro atoms. The van der Waals surface area contributed by atoms with Crippen molar-refractivity contribution in [2.24, 2.45) is 0 Å². The highest BCUT2D eigenvalue weighted by atomic mass is 79.9. The SMILES string of the molecule is CCS(=O)(=O)c1ccc(Cl)cc1Cn1cnc2c(Br)c(CN3CCCCC3)c(C(F)(F)F)cc2c1=O. The van der Waals surface area contributed by atoms with E-state index in [1.807, 2.05) is 4.90 Å². The van der Waals surface area contributed by atoms with Gasteiger partial charge in [-0.15, -0.1) is 0 Å². The predicted molar refractivity (Wildman–Crippen MR) is 136 cm³/mol. The van der Waals surface area contributed by atoms with Gasteiger partial charge in [0.05, 0.1) is 40.0 Å². The second-order valence-corrected chi connectivity index (χ2v) is 12.3. The number of fused-ring (bicyclic) bond motifs is 1. The molecule has 4 rings (SSSR count). The van der Waals surface area contributed by atoms with E-state index in [0.29, 0.717) is 13.1 Å². The van der Waals surface area contributed by atoms with Crippen LogP contribution in [0.15, 0.2) is 44.8 Å². The number of benzene rings is 2. The Morgan fingerprint density at radius 3 is 2.44 bits per heavy atom. The molecule has 36 heavy (non-hydrogen) atoms. The van der Waals surface area contributed by atoms with Crippen molar-refractivity contribution in [2.45, 2.75) is 50.3 Å². The molecule has 0 saturated carbocycles. The van der Waals surface area contributed by atoms with Gasteiger partial charge < -0.3 is 0 Å². The average molecular weight is 607 g/mol. The number of hydrogen-bond acceptors (Lipinski definition) is 5. The zero-order valence-electron chi connectivity index (χ0n) is 19.4. The summed E-state index contributed by atoms with van der Waals surface area (Å²) in [5.41, 5.74) is -1.17. The lowest BCUT2D eigenvalue weighted by molar-refractivity contribution is -0.138. The Morgan fingerprint density at radius 1 is 1.11 bits per heavy atom. The first kappa shape index (κ1) is 27.1. The largest absolute Gasteiger partial charge is 0.416 e. The molecule has 2 aromatic carbocycles. The van der Waals surface area contributed by atoms with Gasteiger partial charge in [0.2, 0.25) is 0 Å². The van der Waals surface area contributed by atoms with Crippen molar-refractivity contribution in [3.63, 3.8) is 0 Å². The first-order chi connectivity index (χ1) is 16.9. The maximum absolute atomic E-state index is 14.1. The zero-order chi connectivity index (χ0) is 26.3. The van der Waals surface area contributed by atoms with Crippen LogP contribution in [0.4, 0.5) is 13.2 Å². The van der Waals surface area contributed by atoms with Gasteiger partial charge in [0.25, 0.3) is 5.56 Å². The quantitative estimate of drug-likeness (QED) is 0.362. The van der Waals surface area contributed by atoms with Crippen LogP contribution in [0.3, 0.4) is 0 Å². The monoisotopic (exact) mass is 605 g/mol. The lowest BCUT2D eigenvalue weighted by Crippen LogP contribution is -2.30. The standard InChI is InChI=1S/C24H24BrClF3N3O3S/c1-2-36(34,35)20-7-6-16(26)10-15(20)12-32-14-30-22-17(23(32)33)11-19(24(27,28)29)18(21(22)25)13-31-8-4-3-5-9-31/h6-7,10-11,14H,2-5,8-9,12-13H2,1H3. The second kappa shape index (κ2) is 10.4. The molecular formula is C24H24BrClF3N3O3S. The topological polar surface area (TPSA) is 72.3 Å². The number of sulfone groups is 1. The molecule has 1 aliphatic rings. The number of alkyl halides is 3. The summed E-state index contributed by atoms with van der Waals surface area (Å²) >= 11 is 9.37. The van der Waals surface area contributed by atoms with Gasteiger partial charge in [-0.05, 0) is 77.3 Å². The summed E-state index contributed by atoms with van der Waals surface area (Å²) in [6.07, 6.45) is -0.555. The Kier molecular flexibility index (Phi) is 7.85. The summed E-state index contributed by atoms with van der Waals surface area (Å²) in [7, 11) is -3.63. The van der Waals surface area contributed by atoms with E-state index >= 15 is 0 Å². The first-order valence-electron chi connectivity index (χ1n) is 11.4. The summed E-state index contributed by atoms with van der Waals surface area (Å²) in [5, 5.41) is 0.0623. The fourth-order valence-electron chi connectivity index (χ4n) is 4.48. The molecule has 12 heteroatoms. The minimum atomic E-state index is -4.68. The Morgan fingerprint density at radius 2 is 1.81 bits per heavy atom. The van der Waals surface area contributed by atoms with Gasteiger partial charge in [-0.3, -0.25) is 14.3 Å². The third-order valence-electron chi connectivity index (χ3n) is 6.37. The van der Waals surface area contributed by atoms with Gasteiger partial charge in [0.1, 0.15) is 0 Å². The van der Waals surface area contributed by atoms with E-state index in [9.17, 15) is 26.4 Å². The number of nitrogens with zero attached hydrogens (tertiary/aromatic N) is 3. The Balaban J connectivity index is 1.84. The molecule has 0 amide bonds. The molecule has 0 radical (unpaired) electrons. The lowest BCUT2D eigenvalue weighted by atomic mass is 10.0. The summed E-state index contributed by atoms with van der Waals surface area (Å²) in [4.78, 5) is 19.6. The fourth-order valence-corrected chi connectivity index (χ4v) is 6.44. The van der Waals surface area contributed by atoms with Gasteiger partial charge in [0.15, 0.2) is 9.84 Å². The molecular weight excluding hydrogens is 583 g/mol. The van der Waals surface area contributed by atoms with Crippen molar-refractivity contribution in [1.29, 1.82) is 0 Å². The molecule has 1 aromatic heterocycles. The fraction of sp³-hybridized carbons (Fsp3) is 0.417. The van der Waals surface area contributed by atoms with E-state index in [0.717, 1.165) is 29.9 Å². The summed E-state index contributed by atoms with van der Waals surface area (Å²) in [5.74, 6) is -0.159. The van der Waals surface area contributed by atoms with Gasteiger partial charge in [-0.25, -0.2) is 13.4 Å². The van der Waals surface area contributed by atoms with Crippen molar-refractivity contribution in [3.05, 3.63) is 67.1 Å². The lowest BCUT2D eigenvalue weighted by Gasteiger charge is -2.28. The van der Waals surface area contributed by atoms with Crippen molar-refractivity contribution in [3.8, 4) is 0 Å². The number of rotatable bonds is 6. The highest BCUT2D eigenvalue weighted by molar-refractivity contribution is 9.10. The molecule has 0 bridgehead atoms. The molecule has 2 heterocycles. The number of likely N-dealkylation sites (tertiary alicyclic amines) is 1. The van der Waals surface area contributed by atoms with Crippen molar-refractivity contribution in [1.82, 2.24) is 14.5 Å². The Hall–Kier alpha value is -1.95. The van der Waals surface area contributed by atoms with E-state index in [1.54, 1.807) is 0 Å². The first-order valence-corrected chi connectivity index (χ1v) is 14.3. The molecule has 1 fully saturated rings. The third kappa shape index (κ3) is 5.49. The summed E-state index contributed by atoms with van der Waals surface area (Å²) in [6, 6.07) is 5.08. The maximum atomic E-state index is 14.1. The molecule has 0 aliphatic carbocycles. The Bertz CT molecular complexity index is 1470. The third-order valence-corrected chi connectivity index (χ3v) is 9.29. The highest BCUT2D eigenvalue weighted by Crippen LogP contribution is 2.39. The number of piperidine rings is 1. The normalized spacial score (nSPS) is 15.5. The molecule has 0 unspecified atom stereocenters. The van der Waals surface area contributed by atoms with Crippen molar-refractivity contribution in [2.75, 3.05) is 18.8 Å². The molecule has 0 atom stereocenters. The molecule has 3 aromatic rings. The van der Waals surface area contributed by atoms with Crippen LogP contribution in [0.5, 0.6) is 0 Å². The van der Waals surface area contributed by atoms with Crippen LogP contribution in [0.25, 0.3) is 10.9 Å². The average Bonchev–Trinajstić information content (AvgIpc) is 2.82. The molecule has 1 saturated heterocycles. The second-order valence-electron chi connectivity index (χ2n) is 8.78. The van der Waals surface area contributed by atoms with Crippen LogP contribution < -0.4 is 5.56 Å². The molecule has 0 N–H and O–H groups in total. The van der Waals surface area contributed by atoms with Gasteiger partial charge in [-0.2, -0.15) is 13.2 Å². The number of halogens is 5. The molecule has 1 aliphatic heterocycles. The van der Waals surface area contributed by atoms with Crippen molar-refractivity contribution < 1.29 is 21.6 Å². The van der Waals surface area contributed by atoms with Gasteiger partial charge >= 0.3 is 6.18 Å². The summed E-state index contributed by atoms with van der Waals surface area (Å²) in [6.45, 7) is 2.79. The van der Waals surface area contributed by atoms with E-state index in [2.05, 4.69) is 20.9 Å². The predicted octanol–water partition coefficient (Wildman–Crippen LogP) is 5.66.